The lowest BCUT2D eigenvalue weighted by Gasteiger charge is -2.61. The molecule has 4 aliphatic rings. The standard InChI is InChI=1S/C20H29NO/c1-19-10-4-3-5-13(19)6-8-15-16-9-7-14(12-21)20(16,2)11-17(22)18(15)19/h3-4,13-18,22H,5-11H2,1-2H3/t13-,14-,15+,16+,17+,18-,19+,20-/m1/s1. The second-order valence-electron chi connectivity index (χ2n) is 9.02. The van der Waals surface area contributed by atoms with Crippen LogP contribution in [-0.4, -0.2) is 11.2 Å². The SMILES string of the molecule is C[C@]12CC=CC[C@@H]1CC[C@@H]1[C@@H]2[C@@H](O)C[C@]2(C)[C@@H](C#N)CC[C@@H]12. The van der Waals surface area contributed by atoms with Gasteiger partial charge in [0, 0.05) is 0 Å². The fraction of sp³-hybridized carbons (Fsp3) is 0.850. The molecule has 2 heteroatoms. The highest BCUT2D eigenvalue weighted by Gasteiger charge is 2.62. The maximum absolute atomic E-state index is 11.1. The van der Waals surface area contributed by atoms with Crippen molar-refractivity contribution in [3.05, 3.63) is 12.2 Å². The molecular weight excluding hydrogens is 270 g/mol. The van der Waals surface area contributed by atoms with Crippen LogP contribution in [0.4, 0.5) is 0 Å². The quantitative estimate of drug-likeness (QED) is 0.677. The lowest BCUT2D eigenvalue weighted by atomic mass is 9.44. The molecule has 0 bridgehead atoms. The van der Waals surface area contributed by atoms with Gasteiger partial charge in [0.15, 0.2) is 0 Å². The second-order valence-corrected chi connectivity index (χ2v) is 9.02. The number of allylic oxidation sites excluding steroid dienone is 2. The molecule has 4 rings (SSSR count). The van der Waals surface area contributed by atoms with Gasteiger partial charge in [0.1, 0.15) is 0 Å². The summed E-state index contributed by atoms with van der Waals surface area (Å²) in [5.74, 6) is 2.66. The van der Waals surface area contributed by atoms with Crippen LogP contribution >= 0.6 is 0 Å². The number of rotatable bonds is 0. The number of aliphatic hydroxyl groups is 1. The van der Waals surface area contributed by atoms with Crippen molar-refractivity contribution in [1.29, 1.82) is 5.26 Å². The van der Waals surface area contributed by atoms with Crippen LogP contribution in [0.1, 0.15) is 58.8 Å². The summed E-state index contributed by atoms with van der Waals surface area (Å²) in [7, 11) is 0. The Labute approximate surface area is 134 Å². The first-order valence-electron chi connectivity index (χ1n) is 9.23. The largest absolute Gasteiger partial charge is 0.393 e. The van der Waals surface area contributed by atoms with Crippen LogP contribution in [0.2, 0.25) is 0 Å². The van der Waals surface area contributed by atoms with Crippen molar-refractivity contribution in [2.24, 2.45) is 40.4 Å². The van der Waals surface area contributed by atoms with E-state index in [2.05, 4.69) is 32.1 Å². The van der Waals surface area contributed by atoms with Crippen LogP contribution in [0.25, 0.3) is 0 Å². The van der Waals surface area contributed by atoms with Gasteiger partial charge in [-0.1, -0.05) is 26.0 Å². The lowest BCUT2D eigenvalue weighted by molar-refractivity contribution is -0.156. The lowest BCUT2D eigenvalue weighted by Crippen LogP contribution is -2.57. The molecule has 0 aromatic carbocycles. The maximum atomic E-state index is 11.1. The van der Waals surface area contributed by atoms with E-state index < -0.39 is 0 Å². The average molecular weight is 299 g/mol. The smallest absolute Gasteiger partial charge is 0.0661 e. The van der Waals surface area contributed by atoms with Crippen LogP contribution < -0.4 is 0 Å². The van der Waals surface area contributed by atoms with Gasteiger partial charge in [-0.3, -0.25) is 0 Å². The molecule has 22 heavy (non-hydrogen) atoms. The monoisotopic (exact) mass is 299 g/mol. The molecule has 0 spiro atoms. The normalized spacial score (nSPS) is 56.6. The zero-order valence-corrected chi connectivity index (χ0v) is 14.0. The van der Waals surface area contributed by atoms with Gasteiger partial charge in [0.25, 0.3) is 0 Å². The number of fused-ring (bicyclic) bond motifs is 5. The molecule has 0 unspecified atom stereocenters. The Bertz CT molecular complexity index is 534. The minimum absolute atomic E-state index is 0.0586. The molecule has 3 saturated carbocycles. The first-order valence-corrected chi connectivity index (χ1v) is 9.23. The summed E-state index contributed by atoms with van der Waals surface area (Å²) in [6, 6.07) is 2.56. The molecule has 0 aliphatic heterocycles. The highest BCUT2D eigenvalue weighted by molar-refractivity contribution is 5.16. The third kappa shape index (κ3) is 1.75. The van der Waals surface area contributed by atoms with Gasteiger partial charge in [-0.15, -0.1) is 0 Å². The Morgan fingerprint density at radius 3 is 2.68 bits per heavy atom. The number of aliphatic hydroxyl groups excluding tert-OH is 1. The topological polar surface area (TPSA) is 44.0 Å². The van der Waals surface area contributed by atoms with Crippen molar-refractivity contribution in [2.75, 3.05) is 0 Å². The Kier molecular flexibility index (Phi) is 3.25. The molecule has 0 aromatic rings. The van der Waals surface area contributed by atoms with E-state index in [4.69, 9.17) is 0 Å². The van der Waals surface area contributed by atoms with E-state index >= 15 is 0 Å². The summed E-state index contributed by atoms with van der Waals surface area (Å²) in [5.41, 5.74) is 0.339. The molecule has 1 N–H and O–H groups in total. The first-order chi connectivity index (χ1) is 10.5. The Morgan fingerprint density at radius 2 is 1.91 bits per heavy atom. The van der Waals surface area contributed by atoms with E-state index in [1.807, 2.05) is 0 Å². The minimum Gasteiger partial charge on any atom is -0.393 e. The van der Waals surface area contributed by atoms with Gasteiger partial charge in [0.05, 0.1) is 18.1 Å². The fourth-order valence-electron chi connectivity index (χ4n) is 7.18. The molecule has 0 radical (unpaired) electrons. The van der Waals surface area contributed by atoms with Crippen molar-refractivity contribution in [3.63, 3.8) is 0 Å². The third-order valence-electron chi connectivity index (χ3n) is 8.29. The predicted octanol–water partition coefficient (Wildman–Crippen LogP) is 4.31. The highest BCUT2D eigenvalue weighted by Crippen LogP contribution is 2.66. The van der Waals surface area contributed by atoms with Crippen molar-refractivity contribution < 1.29 is 5.11 Å². The third-order valence-corrected chi connectivity index (χ3v) is 8.29. The molecule has 0 saturated heterocycles. The van der Waals surface area contributed by atoms with E-state index in [0.29, 0.717) is 17.8 Å². The molecule has 0 amide bonds. The molecule has 8 atom stereocenters. The van der Waals surface area contributed by atoms with Crippen molar-refractivity contribution >= 4 is 0 Å². The fourth-order valence-corrected chi connectivity index (χ4v) is 7.18. The first kappa shape index (κ1) is 14.8. The molecule has 3 fully saturated rings. The Morgan fingerprint density at radius 1 is 1.09 bits per heavy atom. The summed E-state index contributed by atoms with van der Waals surface area (Å²) in [6.45, 7) is 4.74. The van der Waals surface area contributed by atoms with Gasteiger partial charge in [-0.2, -0.15) is 5.26 Å². The number of hydrogen-bond acceptors (Lipinski definition) is 2. The Balaban J connectivity index is 1.71. The summed E-state index contributed by atoms with van der Waals surface area (Å²) in [6.07, 6.45) is 12.5. The van der Waals surface area contributed by atoms with Crippen molar-refractivity contribution in [1.82, 2.24) is 0 Å². The number of nitrogens with zero attached hydrogens (tertiary/aromatic N) is 1. The van der Waals surface area contributed by atoms with Gasteiger partial charge >= 0.3 is 0 Å². The summed E-state index contributed by atoms with van der Waals surface area (Å²) >= 11 is 0. The molecule has 2 nitrogen and oxygen atoms in total. The van der Waals surface area contributed by atoms with Gasteiger partial charge in [0.2, 0.25) is 0 Å². The molecule has 0 heterocycles. The highest BCUT2D eigenvalue weighted by atomic mass is 16.3. The number of hydrogen-bond donors (Lipinski definition) is 1. The van der Waals surface area contributed by atoms with Crippen LogP contribution in [0, 0.1) is 51.8 Å². The van der Waals surface area contributed by atoms with Crippen LogP contribution in [0.5, 0.6) is 0 Å². The summed E-state index contributed by atoms with van der Waals surface area (Å²) < 4.78 is 0. The van der Waals surface area contributed by atoms with E-state index in [0.717, 1.165) is 25.2 Å². The van der Waals surface area contributed by atoms with Gasteiger partial charge < -0.3 is 5.11 Å². The zero-order chi connectivity index (χ0) is 15.5. The van der Waals surface area contributed by atoms with E-state index in [9.17, 15) is 10.4 Å². The van der Waals surface area contributed by atoms with Crippen molar-refractivity contribution in [2.45, 2.75) is 64.9 Å². The molecule has 0 aromatic heterocycles. The maximum Gasteiger partial charge on any atom is 0.0661 e. The minimum atomic E-state index is -0.209. The molecule has 4 aliphatic carbocycles. The van der Waals surface area contributed by atoms with E-state index in [1.54, 1.807) is 0 Å². The van der Waals surface area contributed by atoms with Crippen LogP contribution in [0.15, 0.2) is 12.2 Å². The summed E-state index contributed by atoms with van der Waals surface area (Å²) in [5, 5.41) is 20.7. The molecular formula is C20H29NO. The number of nitriles is 1. The second kappa shape index (κ2) is 4.84. The van der Waals surface area contributed by atoms with Gasteiger partial charge in [-0.25, -0.2) is 0 Å². The summed E-state index contributed by atoms with van der Waals surface area (Å²) in [4.78, 5) is 0. The zero-order valence-electron chi connectivity index (χ0n) is 14.0. The van der Waals surface area contributed by atoms with Crippen LogP contribution in [0.3, 0.4) is 0 Å². The average Bonchev–Trinajstić information content (AvgIpc) is 2.82. The molecule has 120 valence electrons. The Hall–Kier alpha value is -0.810. The van der Waals surface area contributed by atoms with Crippen LogP contribution in [-0.2, 0) is 0 Å². The van der Waals surface area contributed by atoms with Crippen molar-refractivity contribution in [3.8, 4) is 6.07 Å². The van der Waals surface area contributed by atoms with Gasteiger partial charge in [-0.05, 0) is 79.4 Å². The van der Waals surface area contributed by atoms with E-state index in [1.165, 1.54) is 25.7 Å². The van der Waals surface area contributed by atoms with E-state index in [-0.39, 0.29) is 22.9 Å². The predicted molar refractivity (Wildman–Crippen MR) is 86.7 cm³/mol.